The summed E-state index contributed by atoms with van der Waals surface area (Å²) in [6, 6.07) is 8.04. The number of aromatic nitrogens is 3. The van der Waals surface area contributed by atoms with Crippen molar-refractivity contribution in [3.05, 3.63) is 89.7 Å². The number of hydrogen-bond donors (Lipinski definition) is 0. The molecule has 1 aromatic heterocycles. The molecule has 1 aliphatic carbocycles. The van der Waals surface area contributed by atoms with Crippen molar-refractivity contribution in [1.29, 1.82) is 0 Å². The zero-order valence-electron chi connectivity index (χ0n) is 22.5. The fourth-order valence-electron chi connectivity index (χ4n) is 6.18. The normalized spacial score (nSPS) is 21.9. The van der Waals surface area contributed by atoms with Crippen LogP contribution in [-0.4, -0.2) is 50.4 Å². The lowest BCUT2D eigenvalue weighted by Crippen LogP contribution is -2.35. The molecule has 0 spiro atoms. The van der Waals surface area contributed by atoms with Crippen LogP contribution in [0.2, 0.25) is 0 Å². The third-order valence-electron chi connectivity index (χ3n) is 8.71. The molecule has 0 bridgehead atoms. The van der Waals surface area contributed by atoms with E-state index in [4.69, 9.17) is 0 Å². The van der Waals surface area contributed by atoms with Gasteiger partial charge in [0.15, 0.2) is 0 Å². The number of anilines is 1. The Kier molecular flexibility index (Phi) is 6.65. The first-order valence-corrected chi connectivity index (χ1v) is 13.8. The van der Waals surface area contributed by atoms with Crippen molar-refractivity contribution in [1.82, 2.24) is 24.6 Å². The second-order valence-corrected chi connectivity index (χ2v) is 11.5. The van der Waals surface area contributed by atoms with Gasteiger partial charge in [-0.25, -0.2) is 0 Å². The van der Waals surface area contributed by atoms with E-state index in [1.54, 1.807) is 22.3 Å². The summed E-state index contributed by atoms with van der Waals surface area (Å²) in [5.74, 6) is 2.62. The molecule has 6 rings (SSSR count). The molecule has 9 heteroatoms. The molecule has 1 unspecified atom stereocenters. The van der Waals surface area contributed by atoms with Crippen molar-refractivity contribution in [2.75, 3.05) is 24.5 Å². The predicted molar refractivity (Wildman–Crippen MR) is 145 cm³/mol. The molecule has 1 aromatic carbocycles. The number of nitrogens with zero attached hydrogens (tertiary/aromatic N) is 6. The molecule has 4 heterocycles. The lowest BCUT2D eigenvalue weighted by atomic mass is 9.72. The third-order valence-corrected chi connectivity index (χ3v) is 8.71. The summed E-state index contributed by atoms with van der Waals surface area (Å²) in [5, 5.41) is 8.51. The fourth-order valence-corrected chi connectivity index (χ4v) is 6.18. The molecule has 206 valence electrons. The van der Waals surface area contributed by atoms with Crippen LogP contribution in [0.25, 0.3) is 0 Å². The molecular formula is C30H35F3N6. The van der Waals surface area contributed by atoms with Crippen LogP contribution in [0.3, 0.4) is 0 Å². The highest BCUT2D eigenvalue weighted by Crippen LogP contribution is 2.46. The number of piperidine rings is 1. The van der Waals surface area contributed by atoms with Gasteiger partial charge in [-0.1, -0.05) is 32.1 Å². The van der Waals surface area contributed by atoms with Crippen LogP contribution in [0, 0.1) is 11.8 Å². The number of benzene rings is 1. The summed E-state index contributed by atoms with van der Waals surface area (Å²) < 4.78 is 44.9. The van der Waals surface area contributed by atoms with Gasteiger partial charge in [0.1, 0.15) is 18.0 Å². The maximum atomic E-state index is 14.3. The van der Waals surface area contributed by atoms with Gasteiger partial charge in [0.2, 0.25) is 0 Å². The topological polar surface area (TPSA) is 40.4 Å². The number of hydrogen-bond acceptors (Lipinski definition) is 5. The van der Waals surface area contributed by atoms with Crippen molar-refractivity contribution in [3.8, 4) is 0 Å². The summed E-state index contributed by atoms with van der Waals surface area (Å²) in [6.45, 7) is 8.77. The van der Waals surface area contributed by atoms with Crippen LogP contribution in [0.15, 0.2) is 78.3 Å². The number of rotatable bonds is 6. The zero-order valence-corrected chi connectivity index (χ0v) is 22.5. The maximum Gasteiger partial charge on any atom is 0.418 e. The molecule has 39 heavy (non-hydrogen) atoms. The Morgan fingerprint density at radius 3 is 2.49 bits per heavy atom. The SMILES string of the molecule is C=C1N2C=C(CN3CCC(C)CC3)C=C(C(F)(F)F)C2=CN1c1cccc(C(c2nncn2C)C2CCC2)c1. The number of allylic oxidation sites excluding steroid dienone is 1. The molecule has 1 saturated carbocycles. The molecule has 2 fully saturated rings. The number of alkyl halides is 3. The van der Waals surface area contributed by atoms with Crippen LogP contribution in [-0.2, 0) is 7.05 Å². The molecule has 1 atom stereocenters. The summed E-state index contributed by atoms with van der Waals surface area (Å²) in [7, 11) is 1.95. The Morgan fingerprint density at radius 1 is 1.08 bits per heavy atom. The second kappa shape index (κ2) is 10.0. The van der Waals surface area contributed by atoms with Crippen LogP contribution < -0.4 is 4.90 Å². The van der Waals surface area contributed by atoms with Crippen LogP contribution in [0.1, 0.15) is 56.3 Å². The van der Waals surface area contributed by atoms with E-state index >= 15 is 0 Å². The Labute approximate surface area is 227 Å². The average Bonchev–Trinajstić information content (AvgIpc) is 3.44. The first-order chi connectivity index (χ1) is 18.7. The summed E-state index contributed by atoms with van der Waals surface area (Å²) >= 11 is 0. The van der Waals surface area contributed by atoms with Gasteiger partial charge < -0.3 is 14.4 Å². The van der Waals surface area contributed by atoms with Crippen molar-refractivity contribution in [2.24, 2.45) is 18.9 Å². The van der Waals surface area contributed by atoms with Gasteiger partial charge in [-0.15, -0.1) is 10.2 Å². The number of aryl methyl sites for hydroxylation is 1. The third kappa shape index (κ3) is 4.93. The molecule has 0 amide bonds. The smallest absolute Gasteiger partial charge is 0.320 e. The van der Waals surface area contributed by atoms with E-state index in [1.165, 1.54) is 12.5 Å². The largest absolute Gasteiger partial charge is 0.418 e. The van der Waals surface area contributed by atoms with E-state index in [0.717, 1.165) is 55.8 Å². The van der Waals surface area contributed by atoms with Gasteiger partial charge in [0.05, 0.1) is 11.3 Å². The van der Waals surface area contributed by atoms with Gasteiger partial charge in [-0.05, 0) is 80.0 Å². The number of likely N-dealkylation sites (tertiary alicyclic amines) is 1. The summed E-state index contributed by atoms with van der Waals surface area (Å²) in [5.41, 5.74) is 2.01. The highest BCUT2D eigenvalue weighted by atomic mass is 19.4. The van der Waals surface area contributed by atoms with Crippen LogP contribution in [0.4, 0.5) is 18.9 Å². The minimum Gasteiger partial charge on any atom is -0.320 e. The molecule has 0 radical (unpaired) electrons. The Hall–Kier alpha value is -3.33. The van der Waals surface area contributed by atoms with Crippen LogP contribution in [0.5, 0.6) is 0 Å². The van der Waals surface area contributed by atoms with E-state index in [9.17, 15) is 13.2 Å². The lowest BCUT2D eigenvalue weighted by Gasteiger charge is -2.34. The lowest BCUT2D eigenvalue weighted by molar-refractivity contribution is -0.0909. The monoisotopic (exact) mass is 536 g/mol. The van der Waals surface area contributed by atoms with Crippen molar-refractivity contribution in [2.45, 2.75) is 51.1 Å². The van der Waals surface area contributed by atoms with Gasteiger partial charge in [0, 0.05) is 37.6 Å². The zero-order chi connectivity index (χ0) is 27.3. The van der Waals surface area contributed by atoms with Crippen molar-refractivity contribution < 1.29 is 13.2 Å². The Bertz CT molecular complexity index is 1340. The minimum absolute atomic E-state index is 0.0849. The van der Waals surface area contributed by atoms with E-state index in [0.29, 0.717) is 29.8 Å². The van der Waals surface area contributed by atoms with Gasteiger partial charge in [-0.2, -0.15) is 13.2 Å². The van der Waals surface area contributed by atoms with Gasteiger partial charge in [-0.3, -0.25) is 4.90 Å². The molecule has 1 saturated heterocycles. The average molecular weight is 537 g/mol. The first-order valence-electron chi connectivity index (χ1n) is 13.8. The number of fused-ring (bicyclic) bond motifs is 1. The highest BCUT2D eigenvalue weighted by molar-refractivity contribution is 5.64. The first kappa shape index (κ1) is 25.9. The molecule has 2 aromatic rings. The maximum absolute atomic E-state index is 14.3. The molecule has 4 aliphatic rings. The van der Waals surface area contributed by atoms with E-state index in [1.807, 2.05) is 29.9 Å². The van der Waals surface area contributed by atoms with Gasteiger partial charge >= 0.3 is 6.18 Å². The molecule has 0 N–H and O–H groups in total. The predicted octanol–water partition coefficient (Wildman–Crippen LogP) is 6.30. The second-order valence-electron chi connectivity index (χ2n) is 11.5. The highest BCUT2D eigenvalue weighted by Gasteiger charge is 2.43. The van der Waals surface area contributed by atoms with E-state index in [-0.39, 0.29) is 11.6 Å². The number of halogens is 3. The van der Waals surface area contributed by atoms with Crippen molar-refractivity contribution in [3.63, 3.8) is 0 Å². The summed E-state index contributed by atoms with van der Waals surface area (Å²) in [6.07, 6.45) is 7.54. The fraction of sp³-hybridized carbons (Fsp3) is 0.467. The summed E-state index contributed by atoms with van der Waals surface area (Å²) in [4.78, 5) is 5.62. The van der Waals surface area contributed by atoms with E-state index in [2.05, 4.69) is 40.7 Å². The van der Waals surface area contributed by atoms with E-state index < -0.39 is 11.7 Å². The standard InChI is InChI=1S/C30H35F3N6/c1-20-10-12-37(13-11-20)16-22-14-26(30(31,32)33)27-18-38(21(2)39(27)17-22)25-9-5-8-24(15-25)28(23-6-4-7-23)29-35-34-19-36(29)3/h5,8-9,14-15,17-20,23,28H,2,4,6-7,10-13,16H2,1,3H3. The molecule has 3 aliphatic heterocycles. The molecule has 6 nitrogen and oxygen atoms in total. The molecular weight excluding hydrogens is 501 g/mol. The van der Waals surface area contributed by atoms with Crippen molar-refractivity contribution >= 4 is 5.69 Å². The Morgan fingerprint density at radius 2 is 1.85 bits per heavy atom. The van der Waals surface area contributed by atoms with Gasteiger partial charge in [0.25, 0.3) is 0 Å². The van der Waals surface area contributed by atoms with Crippen LogP contribution >= 0.6 is 0 Å². The minimum atomic E-state index is -4.47. The quantitative estimate of drug-likeness (QED) is 0.433. The Balaban J connectivity index is 1.31.